The zero-order valence-electron chi connectivity index (χ0n) is 8.45. The second-order valence-electron chi connectivity index (χ2n) is 3.12. The highest BCUT2D eigenvalue weighted by molar-refractivity contribution is 7.86. The van der Waals surface area contributed by atoms with Crippen LogP contribution in [-0.4, -0.2) is 15.4 Å². The molecule has 7 heteroatoms. The number of hydrogen-bond donors (Lipinski definition) is 0. The molecule has 0 aliphatic rings. The van der Waals surface area contributed by atoms with Gasteiger partial charge in [-0.05, 0) is 23.2 Å². The van der Waals surface area contributed by atoms with Crippen molar-refractivity contribution in [2.75, 3.05) is 6.26 Å². The Balaban J connectivity index is 2.45. The van der Waals surface area contributed by atoms with Crippen LogP contribution in [0.5, 0.6) is 0 Å². The lowest BCUT2D eigenvalue weighted by Gasteiger charge is -1.93. The van der Waals surface area contributed by atoms with Gasteiger partial charge >= 0.3 is 0 Å². The standard InChI is InChI=1S/C9H8N4OS2/c1-16(14)9-12-7-3-2-6(5-11-13-10)4-8(7)15-9/h2-4H,5H2,1H3. The molecule has 2 aromatic rings. The average molecular weight is 252 g/mol. The highest BCUT2D eigenvalue weighted by atomic mass is 32.2. The summed E-state index contributed by atoms with van der Waals surface area (Å²) in [6.07, 6.45) is 1.61. The molecule has 2 rings (SSSR count). The SMILES string of the molecule is CS(=O)c1nc2ccc(CN=[N+]=[N-])cc2s1. The van der Waals surface area contributed by atoms with Gasteiger partial charge in [0.05, 0.1) is 27.6 Å². The second-order valence-corrected chi connectivity index (χ2v) is 5.71. The molecule has 1 unspecified atom stereocenters. The van der Waals surface area contributed by atoms with Gasteiger partial charge in [-0.15, -0.1) is 11.3 Å². The number of thiazole rings is 1. The van der Waals surface area contributed by atoms with E-state index in [0.717, 1.165) is 15.8 Å². The Labute approximate surface area is 98.2 Å². The van der Waals surface area contributed by atoms with Crippen molar-refractivity contribution in [1.82, 2.24) is 4.98 Å². The smallest absolute Gasteiger partial charge is 0.181 e. The summed E-state index contributed by atoms with van der Waals surface area (Å²) in [5.74, 6) is 0. The summed E-state index contributed by atoms with van der Waals surface area (Å²) in [6.45, 7) is 0.328. The van der Waals surface area contributed by atoms with Crippen molar-refractivity contribution in [3.8, 4) is 0 Å². The lowest BCUT2D eigenvalue weighted by Crippen LogP contribution is -1.83. The highest BCUT2D eigenvalue weighted by Crippen LogP contribution is 2.25. The van der Waals surface area contributed by atoms with E-state index in [1.807, 2.05) is 18.2 Å². The normalized spacial score (nSPS) is 12.3. The van der Waals surface area contributed by atoms with Gasteiger partial charge in [0, 0.05) is 11.2 Å². The lowest BCUT2D eigenvalue weighted by atomic mass is 10.2. The molecule has 0 bridgehead atoms. The van der Waals surface area contributed by atoms with Crippen LogP contribution in [0.1, 0.15) is 5.56 Å². The van der Waals surface area contributed by atoms with Crippen LogP contribution in [0.4, 0.5) is 0 Å². The number of hydrogen-bond acceptors (Lipinski definition) is 4. The molecule has 0 fully saturated rings. The van der Waals surface area contributed by atoms with E-state index in [2.05, 4.69) is 15.0 Å². The second kappa shape index (κ2) is 4.61. The van der Waals surface area contributed by atoms with Gasteiger partial charge in [0.1, 0.15) is 0 Å². The van der Waals surface area contributed by atoms with Crippen molar-refractivity contribution in [3.05, 3.63) is 34.2 Å². The van der Waals surface area contributed by atoms with Gasteiger partial charge < -0.3 is 0 Å². The topological polar surface area (TPSA) is 78.7 Å². The Kier molecular flexibility index (Phi) is 3.19. The van der Waals surface area contributed by atoms with Crippen LogP contribution in [0, 0.1) is 0 Å². The maximum Gasteiger partial charge on any atom is 0.181 e. The number of fused-ring (bicyclic) bond motifs is 1. The number of aromatic nitrogens is 1. The molecule has 0 amide bonds. The molecule has 1 aromatic heterocycles. The molecule has 0 spiro atoms. The van der Waals surface area contributed by atoms with Crippen molar-refractivity contribution in [2.24, 2.45) is 5.11 Å². The van der Waals surface area contributed by atoms with Crippen LogP contribution in [0.15, 0.2) is 27.7 Å². The predicted octanol–water partition coefficient (Wildman–Crippen LogP) is 2.84. The molecular weight excluding hydrogens is 244 g/mol. The molecule has 0 saturated heterocycles. The van der Waals surface area contributed by atoms with Crippen molar-refractivity contribution in [1.29, 1.82) is 0 Å². The molecule has 1 atom stereocenters. The zero-order valence-corrected chi connectivity index (χ0v) is 10.1. The van der Waals surface area contributed by atoms with E-state index >= 15 is 0 Å². The molecule has 5 nitrogen and oxygen atoms in total. The largest absolute Gasteiger partial charge is 0.252 e. The molecule has 0 saturated carbocycles. The van der Waals surface area contributed by atoms with Crippen LogP contribution < -0.4 is 0 Å². The summed E-state index contributed by atoms with van der Waals surface area (Å²) in [5.41, 5.74) is 9.99. The Morgan fingerprint density at radius 2 is 2.44 bits per heavy atom. The molecule has 0 N–H and O–H groups in total. The Hall–Kier alpha value is -1.43. The van der Waals surface area contributed by atoms with E-state index in [4.69, 9.17) is 5.53 Å². The number of azide groups is 1. The first-order valence-corrected chi connectivity index (χ1v) is 6.82. The quantitative estimate of drug-likeness (QED) is 0.478. The molecule has 0 aliphatic heterocycles. The number of rotatable bonds is 3. The minimum absolute atomic E-state index is 0.328. The third-order valence-electron chi connectivity index (χ3n) is 2.00. The number of nitrogens with zero attached hydrogens (tertiary/aromatic N) is 4. The van der Waals surface area contributed by atoms with Crippen molar-refractivity contribution >= 4 is 32.4 Å². The monoisotopic (exact) mass is 252 g/mol. The minimum Gasteiger partial charge on any atom is -0.252 e. The summed E-state index contributed by atoms with van der Waals surface area (Å²) >= 11 is 1.41. The average Bonchev–Trinajstić information content (AvgIpc) is 2.69. The molecular formula is C9H8N4OS2. The van der Waals surface area contributed by atoms with Crippen LogP contribution in [-0.2, 0) is 17.3 Å². The molecule has 16 heavy (non-hydrogen) atoms. The fourth-order valence-corrected chi connectivity index (χ4v) is 3.01. The van der Waals surface area contributed by atoms with Crippen LogP contribution in [0.2, 0.25) is 0 Å². The molecule has 82 valence electrons. The van der Waals surface area contributed by atoms with E-state index in [-0.39, 0.29) is 0 Å². The van der Waals surface area contributed by atoms with Gasteiger partial charge in [0.2, 0.25) is 0 Å². The van der Waals surface area contributed by atoms with Crippen LogP contribution >= 0.6 is 11.3 Å². The van der Waals surface area contributed by atoms with Crippen molar-refractivity contribution in [3.63, 3.8) is 0 Å². The Morgan fingerprint density at radius 1 is 1.62 bits per heavy atom. The van der Waals surface area contributed by atoms with E-state index in [1.165, 1.54) is 11.3 Å². The van der Waals surface area contributed by atoms with Gasteiger partial charge in [-0.1, -0.05) is 11.2 Å². The van der Waals surface area contributed by atoms with E-state index in [9.17, 15) is 4.21 Å². The highest BCUT2D eigenvalue weighted by Gasteiger charge is 2.06. The van der Waals surface area contributed by atoms with Gasteiger partial charge in [-0.25, -0.2) is 4.98 Å². The van der Waals surface area contributed by atoms with Crippen LogP contribution in [0.25, 0.3) is 20.7 Å². The third kappa shape index (κ3) is 2.21. The van der Waals surface area contributed by atoms with E-state index < -0.39 is 10.8 Å². The third-order valence-corrected chi connectivity index (χ3v) is 4.35. The minimum atomic E-state index is -1.05. The van der Waals surface area contributed by atoms with Gasteiger partial charge in [0.25, 0.3) is 0 Å². The summed E-state index contributed by atoms with van der Waals surface area (Å²) in [6, 6.07) is 5.63. The molecule has 1 aromatic carbocycles. The molecule has 0 aliphatic carbocycles. The van der Waals surface area contributed by atoms with E-state index in [0.29, 0.717) is 10.9 Å². The van der Waals surface area contributed by atoms with Crippen molar-refractivity contribution < 1.29 is 4.21 Å². The fourth-order valence-electron chi connectivity index (χ4n) is 1.28. The van der Waals surface area contributed by atoms with E-state index in [1.54, 1.807) is 6.26 Å². The number of benzene rings is 1. The Morgan fingerprint density at radius 3 is 3.12 bits per heavy atom. The fraction of sp³-hybridized carbons (Fsp3) is 0.222. The first kappa shape index (κ1) is 11.1. The first-order chi connectivity index (χ1) is 7.70. The molecule has 1 heterocycles. The van der Waals surface area contributed by atoms with Crippen molar-refractivity contribution in [2.45, 2.75) is 10.9 Å². The van der Waals surface area contributed by atoms with Gasteiger partial charge in [0.15, 0.2) is 4.34 Å². The first-order valence-electron chi connectivity index (χ1n) is 4.44. The predicted molar refractivity (Wildman–Crippen MR) is 64.8 cm³/mol. The summed E-state index contributed by atoms with van der Waals surface area (Å²) in [5, 5.41) is 3.50. The Bertz CT molecular complexity index is 601. The van der Waals surface area contributed by atoms with Gasteiger partial charge in [-0.2, -0.15) is 0 Å². The van der Waals surface area contributed by atoms with Crippen LogP contribution in [0.3, 0.4) is 0 Å². The maximum atomic E-state index is 11.3. The molecule has 0 radical (unpaired) electrons. The van der Waals surface area contributed by atoms with Gasteiger partial charge in [-0.3, -0.25) is 4.21 Å². The maximum absolute atomic E-state index is 11.3. The lowest BCUT2D eigenvalue weighted by molar-refractivity contribution is 0.686. The summed E-state index contributed by atoms with van der Waals surface area (Å²) in [4.78, 5) is 6.96. The summed E-state index contributed by atoms with van der Waals surface area (Å²) < 4.78 is 12.9. The zero-order chi connectivity index (χ0) is 11.5. The summed E-state index contributed by atoms with van der Waals surface area (Å²) in [7, 11) is -1.05.